The largest absolute Gasteiger partial charge is 0.383 e. The number of carbonyl (C=O) groups is 2. The molecular formula is C16H23ClFN3O3. The molecule has 1 aliphatic rings. The van der Waals surface area contributed by atoms with E-state index in [1.165, 1.54) is 19.2 Å². The first-order chi connectivity index (χ1) is 11.0. The number of carbonyl (C=O) groups excluding carboxylic acids is 2. The molecule has 2 N–H and O–H groups in total. The van der Waals surface area contributed by atoms with Crippen molar-refractivity contribution in [3.63, 3.8) is 0 Å². The highest BCUT2D eigenvalue weighted by Crippen LogP contribution is 2.13. The zero-order chi connectivity index (χ0) is 16.8. The van der Waals surface area contributed by atoms with Crippen LogP contribution in [-0.4, -0.2) is 67.6 Å². The van der Waals surface area contributed by atoms with Gasteiger partial charge in [0.1, 0.15) is 11.9 Å². The Hall–Kier alpha value is -1.70. The maximum atomic E-state index is 13.7. The van der Waals surface area contributed by atoms with Crippen LogP contribution in [0.4, 0.5) is 4.39 Å². The van der Waals surface area contributed by atoms with Crippen LogP contribution in [-0.2, 0) is 9.53 Å². The van der Waals surface area contributed by atoms with Crippen molar-refractivity contribution in [2.45, 2.75) is 12.5 Å². The van der Waals surface area contributed by atoms with Crippen LogP contribution in [0.1, 0.15) is 16.8 Å². The summed E-state index contributed by atoms with van der Waals surface area (Å²) in [4.78, 5) is 27.8. The lowest BCUT2D eigenvalue weighted by molar-refractivity contribution is -0.133. The van der Waals surface area contributed by atoms with Crippen LogP contribution >= 0.6 is 12.4 Å². The molecule has 0 aliphatic carbocycles. The van der Waals surface area contributed by atoms with Gasteiger partial charge in [-0.25, -0.2) is 4.39 Å². The smallest absolute Gasteiger partial charge is 0.256 e. The second-order valence-corrected chi connectivity index (χ2v) is 5.51. The average molecular weight is 360 g/mol. The third-order valence-electron chi connectivity index (χ3n) is 3.86. The maximum Gasteiger partial charge on any atom is 0.256 e. The summed E-state index contributed by atoms with van der Waals surface area (Å²) in [6, 6.07) is 5.22. The van der Waals surface area contributed by atoms with Gasteiger partial charge in [0.05, 0.1) is 12.2 Å². The highest BCUT2D eigenvalue weighted by molar-refractivity contribution is 5.94. The molecule has 1 fully saturated rings. The molecule has 8 heteroatoms. The monoisotopic (exact) mass is 359 g/mol. The van der Waals surface area contributed by atoms with Gasteiger partial charge in [0, 0.05) is 33.3 Å². The van der Waals surface area contributed by atoms with E-state index in [9.17, 15) is 14.0 Å². The Morgan fingerprint density at radius 1 is 1.21 bits per heavy atom. The minimum absolute atomic E-state index is 0. The van der Waals surface area contributed by atoms with Crippen molar-refractivity contribution < 1.29 is 18.7 Å². The summed E-state index contributed by atoms with van der Waals surface area (Å²) < 4.78 is 18.6. The molecule has 1 aliphatic heterocycles. The van der Waals surface area contributed by atoms with Crippen molar-refractivity contribution >= 4 is 24.2 Å². The number of benzene rings is 1. The van der Waals surface area contributed by atoms with Gasteiger partial charge >= 0.3 is 0 Å². The number of rotatable bonds is 4. The Bertz CT molecular complexity index is 573. The zero-order valence-corrected chi connectivity index (χ0v) is 14.4. The SMILES string of the molecule is COCC(N)C(=O)N1CCCN(C(=O)c2ccccc2F)CC1.Cl. The molecule has 0 saturated carbocycles. The molecular weight excluding hydrogens is 337 g/mol. The summed E-state index contributed by atoms with van der Waals surface area (Å²) in [5.74, 6) is -1.07. The molecule has 1 heterocycles. The molecule has 0 radical (unpaired) electrons. The van der Waals surface area contributed by atoms with Crippen LogP contribution in [0.2, 0.25) is 0 Å². The highest BCUT2D eigenvalue weighted by atomic mass is 35.5. The van der Waals surface area contributed by atoms with Crippen molar-refractivity contribution in [1.82, 2.24) is 9.80 Å². The zero-order valence-electron chi connectivity index (χ0n) is 13.6. The summed E-state index contributed by atoms with van der Waals surface area (Å²) >= 11 is 0. The molecule has 2 amide bonds. The third kappa shape index (κ3) is 4.90. The lowest BCUT2D eigenvalue weighted by Gasteiger charge is -2.24. The fourth-order valence-electron chi connectivity index (χ4n) is 2.63. The fourth-order valence-corrected chi connectivity index (χ4v) is 2.63. The minimum Gasteiger partial charge on any atom is -0.383 e. The van der Waals surface area contributed by atoms with Crippen LogP contribution in [0, 0.1) is 5.82 Å². The molecule has 134 valence electrons. The van der Waals surface area contributed by atoms with E-state index >= 15 is 0 Å². The number of ether oxygens (including phenoxy) is 1. The number of hydrogen-bond donors (Lipinski definition) is 1. The van der Waals surface area contributed by atoms with Gasteiger partial charge in [-0.05, 0) is 18.6 Å². The summed E-state index contributed by atoms with van der Waals surface area (Å²) in [6.45, 7) is 1.91. The molecule has 0 bridgehead atoms. The van der Waals surface area contributed by atoms with E-state index in [1.807, 2.05) is 0 Å². The van der Waals surface area contributed by atoms with E-state index in [4.69, 9.17) is 10.5 Å². The molecule has 2 rings (SSSR count). The molecule has 0 spiro atoms. The Kier molecular flexibility index (Phi) is 8.10. The predicted molar refractivity (Wildman–Crippen MR) is 90.6 cm³/mol. The van der Waals surface area contributed by atoms with Crippen molar-refractivity contribution in [3.05, 3.63) is 35.6 Å². The molecule has 24 heavy (non-hydrogen) atoms. The maximum absolute atomic E-state index is 13.7. The second-order valence-electron chi connectivity index (χ2n) is 5.51. The van der Waals surface area contributed by atoms with E-state index in [2.05, 4.69) is 0 Å². The van der Waals surface area contributed by atoms with E-state index < -0.39 is 11.9 Å². The van der Waals surface area contributed by atoms with Gasteiger partial charge in [-0.2, -0.15) is 0 Å². The van der Waals surface area contributed by atoms with E-state index in [1.54, 1.807) is 21.9 Å². The van der Waals surface area contributed by atoms with Gasteiger partial charge < -0.3 is 20.3 Å². The summed E-state index contributed by atoms with van der Waals surface area (Å²) in [5, 5.41) is 0. The fraction of sp³-hybridized carbons (Fsp3) is 0.500. The Labute approximate surface area is 147 Å². The van der Waals surface area contributed by atoms with Crippen LogP contribution in [0.3, 0.4) is 0 Å². The highest BCUT2D eigenvalue weighted by Gasteiger charge is 2.26. The van der Waals surface area contributed by atoms with Gasteiger partial charge in [0.15, 0.2) is 0 Å². The summed E-state index contributed by atoms with van der Waals surface area (Å²) in [7, 11) is 1.49. The van der Waals surface area contributed by atoms with E-state index in [-0.39, 0.29) is 36.4 Å². The summed E-state index contributed by atoms with van der Waals surface area (Å²) in [6.07, 6.45) is 0.631. The van der Waals surface area contributed by atoms with Crippen LogP contribution in [0.15, 0.2) is 24.3 Å². The lowest BCUT2D eigenvalue weighted by Crippen LogP contribution is -2.47. The first kappa shape index (κ1) is 20.3. The molecule has 1 aromatic rings. The van der Waals surface area contributed by atoms with Gasteiger partial charge in [-0.15, -0.1) is 12.4 Å². The Morgan fingerprint density at radius 2 is 1.83 bits per heavy atom. The molecule has 1 atom stereocenters. The number of methoxy groups -OCH3 is 1. The molecule has 0 aromatic heterocycles. The van der Waals surface area contributed by atoms with Crippen LogP contribution in [0.5, 0.6) is 0 Å². The quantitative estimate of drug-likeness (QED) is 0.866. The number of hydrogen-bond acceptors (Lipinski definition) is 4. The first-order valence-corrected chi connectivity index (χ1v) is 7.61. The van der Waals surface area contributed by atoms with Crippen molar-refractivity contribution in [1.29, 1.82) is 0 Å². The molecule has 1 saturated heterocycles. The average Bonchev–Trinajstić information content (AvgIpc) is 2.80. The van der Waals surface area contributed by atoms with Gasteiger partial charge in [0.25, 0.3) is 5.91 Å². The van der Waals surface area contributed by atoms with E-state index in [0.717, 1.165) is 0 Å². The van der Waals surface area contributed by atoms with Crippen LogP contribution < -0.4 is 5.73 Å². The van der Waals surface area contributed by atoms with E-state index in [0.29, 0.717) is 32.6 Å². The van der Waals surface area contributed by atoms with Crippen molar-refractivity contribution in [2.24, 2.45) is 5.73 Å². The lowest BCUT2D eigenvalue weighted by atomic mass is 10.2. The van der Waals surface area contributed by atoms with Gasteiger partial charge in [0.2, 0.25) is 5.91 Å². The second kappa shape index (κ2) is 9.56. The number of nitrogens with two attached hydrogens (primary N) is 1. The normalized spacial score (nSPS) is 16.1. The van der Waals surface area contributed by atoms with Crippen molar-refractivity contribution in [3.8, 4) is 0 Å². The molecule has 1 aromatic carbocycles. The predicted octanol–water partition coefficient (Wildman–Crippen LogP) is 0.896. The number of nitrogens with zero attached hydrogens (tertiary/aromatic N) is 2. The molecule has 1 unspecified atom stereocenters. The topological polar surface area (TPSA) is 75.9 Å². The Morgan fingerprint density at radius 3 is 2.50 bits per heavy atom. The minimum atomic E-state index is -0.700. The standard InChI is InChI=1S/C16H22FN3O3.ClH/c1-23-11-14(18)16(22)20-8-4-7-19(9-10-20)15(21)12-5-2-3-6-13(12)17;/h2-3,5-6,14H,4,7-11,18H2,1H3;1H. The van der Waals surface area contributed by atoms with Crippen LogP contribution in [0.25, 0.3) is 0 Å². The molecule has 6 nitrogen and oxygen atoms in total. The Balaban J connectivity index is 0.00000288. The van der Waals surface area contributed by atoms with Gasteiger partial charge in [-0.3, -0.25) is 9.59 Å². The number of amides is 2. The van der Waals surface area contributed by atoms with Crippen molar-refractivity contribution in [2.75, 3.05) is 39.9 Å². The third-order valence-corrected chi connectivity index (χ3v) is 3.86. The summed E-state index contributed by atoms with van der Waals surface area (Å²) in [5.41, 5.74) is 5.83. The van der Waals surface area contributed by atoms with Gasteiger partial charge in [-0.1, -0.05) is 12.1 Å². The number of halogens is 2. The first-order valence-electron chi connectivity index (χ1n) is 7.61.